The van der Waals surface area contributed by atoms with Gasteiger partial charge in [0.15, 0.2) is 0 Å². The molecule has 2 saturated heterocycles. The van der Waals surface area contributed by atoms with E-state index in [2.05, 4.69) is 43.1 Å². The van der Waals surface area contributed by atoms with Gasteiger partial charge in [-0.3, -0.25) is 4.90 Å². The molecule has 2 fully saturated rings. The summed E-state index contributed by atoms with van der Waals surface area (Å²) in [5, 5.41) is 0. The van der Waals surface area contributed by atoms with Crippen LogP contribution in [0.2, 0.25) is 0 Å². The van der Waals surface area contributed by atoms with Gasteiger partial charge in [0.25, 0.3) is 0 Å². The van der Waals surface area contributed by atoms with E-state index in [1.807, 2.05) is 6.07 Å². The van der Waals surface area contributed by atoms with Crippen molar-refractivity contribution < 1.29 is 9.47 Å². The molecule has 0 spiro atoms. The van der Waals surface area contributed by atoms with E-state index >= 15 is 0 Å². The Labute approximate surface area is 109 Å². The molecule has 3 rings (SSSR count). The fourth-order valence-electron chi connectivity index (χ4n) is 2.98. The van der Waals surface area contributed by atoms with Gasteiger partial charge in [0.2, 0.25) is 0 Å². The summed E-state index contributed by atoms with van der Waals surface area (Å²) >= 11 is 0. The number of benzene rings is 1. The van der Waals surface area contributed by atoms with Gasteiger partial charge in [-0.05, 0) is 32.4 Å². The monoisotopic (exact) mass is 247 g/mol. The predicted octanol–water partition coefficient (Wildman–Crippen LogP) is 2.58. The summed E-state index contributed by atoms with van der Waals surface area (Å²) in [4.78, 5) is 2.31. The van der Waals surface area contributed by atoms with E-state index in [0.29, 0.717) is 6.04 Å². The van der Waals surface area contributed by atoms with Crippen molar-refractivity contribution in [2.24, 2.45) is 0 Å². The Morgan fingerprint density at radius 2 is 2.00 bits per heavy atom. The summed E-state index contributed by atoms with van der Waals surface area (Å²) in [5.74, 6) is 0. The molecule has 0 saturated carbocycles. The minimum Gasteiger partial charge on any atom is -0.374 e. The van der Waals surface area contributed by atoms with Gasteiger partial charge in [0.1, 0.15) is 12.3 Å². The topological polar surface area (TPSA) is 21.7 Å². The van der Waals surface area contributed by atoms with Crippen LogP contribution in [0.5, 0.6) is 0 Å². The fourth-order valence-corrected chi connectivity index (χ4v) is 2.98. The van der Waals surface area contributed by atoms with Crippen molar-refractivity contribution in [3.63, 3.8) is 0 Å². The van der Waals surface area contributed by atoms with E-state index in [9.17, 15) is 0 Å². The second-order valence-corrected chi connectivity index (χ2v) is 5.32. The summed E-state index contributed by atoms with van der Waals surface area (Å²) in [6.07, 6.45) is 2.77. The lowest BCUT2D eigenvalue weighted by Crippen LogP contribution is -2.39. The molecule has 0 aromatic heterocycles. The van der Waals surface area contributed by atoms with Gasteiger partial charge in [-0.25, -0.2) is 0 Å². The van der Waals surface area contributed by atoms with Gasteiger partial charge in [-0.1, -0.05) is 30.3 Å². The van der Waals surface area contributed by atoms with Gasteiger partial charge in [-0.2, -0.15) is 0 Å². The maximum Gasteiger partial charge on any atom is 0.138 e. The number of nitrogens with zero attached hydrogens (tertiary/aromatic N) is 1. The number of likely N-dealkylation sites (N-methyl/N-ethyl adjacent to an activating group) is 1. The Hall–Kier alpha value is -0.900. The normalized spacial score (nSPS) is 37.2. The minimum absolute atomic E-state index is 0.104. The summed E-state index contributed by atoms with van der Waals surface area (Å²) in [5.41, 5.74) is 1.26. The molecule has 0 radical (unpaired) electrons. The zero-order valence-electron chi connectivity index (χ0n) is 11.1. The van der Waals surface area contributed by atoms with Gasteiger partial charge in [0.05, 0.1) is 6.10 Å². The maximum absolute atomic E-state index is 6.26. The minimum atomic E-state index is 0.104. The van der Waals surface area contributed by atoms with Crippen LogP contribution in [-0.4, -0.2) is 36.9 Å². The summed E-state index contributed by atoms with van der Waals surface area (Å²) in [7, 11) is 2.14. The highest BCUT2D eigenvalue weighted by atomic mass is 16.6. The number of hydrogen-bond acceptors (Lipinski definition) is 3. The third-order valence-corrected chi connectivity index (χ3v) is 4.18. The zero-order valence-corrected chi connectivity index (χ0v) is 11.1. The molecule has 2 aliphatic rings. The Bertz CT molecular complexity index is 389. The highest BCUT2D eigenvalue weighted by Crippen LogP contribution is 2.37. The Morgan fingerprint density at radius 3 is 2.67 bits per heavy atom. The van der Waals surface area contributed by atoms with Crippen LogP contribution in [-0.2, 0) is 9.47 Å². The molecule has 0 amide bonds. The van der Waals surface area contributed by atoms with Crippen LogP contribution in [0.25, 0.3) is 0 Å². The standard InChI is InChI=1S/C15H21NO2/c1-11-14(12-7-4-3-5-8-12)18-15(16(11)2)13-9-6-10-17-13/h3-5,7-8,11,13-15H,6,9-10H2,1-2H3/t11-,13?,14-,15-/m0/s1. The van der Waals surface area contributed by atoms with Crippen molar-refractivity contribution in [2.75, 3.05) is 13.7 Å². The van der Waals surface area contributed by atoms with Gasteiger partial charge >= 0.3 is 0 Å². The van der Waals surface area contributed by atoms with Crippen molar-refractivity contribution in [1.82, 2.24) is 4.90 Å². The van der Waals surface area contributed by atoms with Gasteiger partial charge < -0.3 is 9.47 Å². The molecule has 98 valence electrons. The molecular formula is C15H21NO2. The molecule has 0 aliphatic carbocycles. The molecule has 3 heteroatoms. The average Bonchev–Trinajstić information content (AvgIpc) is 3.01. The lowest BCUT2D eigenvalue weighted by atomic mass is 10.0. The largest absolute Gasteiger partial charge is 0.374 e. The third-order valence-electron chi connectivity index (χ3n) is 4.18. The lowest BCUT2D eigenvalue weighted by Gasteiger charge is -2.25. The molecule has 2 aliphatic heterocycles. The number of hydrogen-bond donors (Lipinski definition) is 0. The summed E-state index contributed by atoms with van der Waals surface area (Å²) < 4.78 is 12.0. The van der Waals surface area contributed by atoms with Crippen LogP contribution >= 0.6 is 0 Å². The Morgan fingerprint density at radius 1 is 1.22 bits per heavy atom. The molecule has 1 aromatic rings. The van der Waals surface area contributed by atoms with Crippen molar-refractivity contribution in [3.05, 3.63) is 35.9 Å². The molecule has 0 bridgehead atoms. The first-order chi connectivity index (χ1) is 8.77. The van der Waals surface area contributed by atoms with E-state index in [1.165, 1.54) is 5.56 Å². The van der Waals surface area contributed by atoms with Crippen molar-refractivity contribution >= 4 is 0 Å². The van der Waals surface area contributed by atoms with Crippen molar-refractivity contribution in [1.29, 1.82) is 0 Å². The maximum atomic E-state index is 6.26. The highest BCUT2D eigenvalue weighted by Gasteiger charge is 2.43. The van der Waals surface area contributed by atoms with Crippen LogP contribution in [0.15, 0.2) is 30.3 Å². The first kappa shape index (κ1) is 12.2. The molecule has 18 heavy (non-hydrogen) atoms. The van der Waals surface area contributed by atoms with E-state index in [-0.39, 0.29) is 18.4 Å². The van der Waals surface area contributed by atoms with E-state index in [4.69, 9.17) is 9.47 Å². The summed E-state index contributed by atoms with van der Waals surface area (Å²) in [6.45, 7) is 3.11. The highest BCUT2D eigenvalue weighted by molar-refractivity contribution is 5.20. The number of ether oxygens (including phenoxy) is 2. The fraction of sp³-hybridized carbons (Fsp3) is 0.600. The second-order valence-electron chi connectivity index (χ2n) is 5.32. The Balaban J connectivity index is 1.78. The van der Waals surface area contributed by atoms with Crippen LogP contribution < -0.4 is 0 Å². The SMILES string of the molecule is C[C@H]1[C@@H](c2ccccc2)O[C@@H](C2CCCO2)N1C. The van der Waals surface area contributed by atoms with Crippen molar-refractivity contribution in [2.45, 2.75) is 44.2 Å². The second kappa shape index (κ2) is 5.00. The smallest absolute Gasteiger partial charge is 0.138 e. The predicted molar refractivity (Wildman–Crippen MR) is 70.3 cm³/mol. The molecule has 1 aromatic carbocycles. The van der Waals surface area contributed by atoms with Crippen molar-refractivity contribution in [3.8, 4) is 0 Å². The van der Waals surface area contributed by atoms with Gasteiger partial charge in [-0.15, -0.1) is 0 Å². The van der Waals surface area contributed by atoms with E-state index in [1.54, 1.807) is 0 Å². The Kier molecular flexibility index (Phi) is 3.37. The third kappa shape index (κ3) is 2.07. The molecular weight excluding hydrogens is 226 g/mol. The first-order valence-electron chi connectivity index (χ1n) is 6.81. The molecule has 3 nitrogen and oxygen atoms in total. The molecule has 2 heterocycles. The average molecular weight is 247 g/mol. The molecule has 4 atom stereocenters. The van der Waals surface area contributed by atoms with Crippen LogP contribution in [0, 0.1) is 0 Å². The molecule has 0 N–H and O–H groups in total. The molecule has 1 unspecified atom stereocenters. The zero-order chi connectivity index (χ0) is 12.5. The quantitative estimate of drug-likeness (QED) is 0.801. The van der Waals surface area contributed by atoms with Crippen LogP contribution in [0.3, 0.4) is 0 Å². The van der Waals surface area contributed by atoms with E-state index < -0.39 is 0 Å². The first-order valence-corrected chi connectivity index (χ1v) is 6.81. The van der Waals surface area contributed by atoms with Crippen LogP contribution in [0.4, 0.5) is 0 Å². The lowest BCUT2D eigenvalue weighted by molar-refractivity contribution is -0.0834. The summed E-state index contributed by atoms with van der Waals surface area (Å²) in [6, 6.07) is 10.9. The van der Waals surface area contributed by atoms with Crippen LogP contribution in [0.1, 0.15) is 31.4 Å². The van der Waals surface area contributed by atoms with E-state index in [0.717, 1.165) is 19.4 Å². The number of rotatable bonds is 2. The van der Waals surface area contributed by atoms with Gasteiger partial charge in [0, 0.05) is 12.6 Å².